The molecule has 3 aromatic rings. The molecule has 1 aliphatic rings. The highest BCUT2D eigenvalue weighted by molar-refractivity contribution is 9.10. The van der Waals surface area contributed by atoms with Gasteiger partial charge in [-0.15, -0.1) is 0 Å². The number of benzene rings is 3. The molecular weight excluding hydrogens is 532 g/mol. The maximum Gasteiger partial charge on any atom is 0.335 e. The molecule has 4 rings (SSSR count). The van der Waals surface area contributed by atoms with Crippen LogP contribution in [0.15, 0.2) is 76.8 Å². The zero-order chi connectivity index (χ0) is 25.1. The highest BCUT2D eigenvalue weighted by Crippen LogP contribution is 2.29. The quantitative estimate of drug-likeness (QED) is 0.258. The molecule has 0 atom stereocenters. The predicted octanol–water partition coefficient (Wildman–Crippen LogP) is 4.87. The van der Waals surface area contributed by atoms with E-state index in [1.807, 2.05) is 13.0 Å². The van der Waals surface area contributed by atoms with E-state index in [1.54, 1.807) is 48.5 Å². The Morgan fingerprint density at radius 3 is 2.51 bits per heavy atom. The number of para-hydroxylation sites is 1. The summed E-state index contributed by atoms with van der Waals surface area (Å²) in [5.41, 5.74) is 2.79. The SMILES string of the molecule is Cc1cc(Br)ccc1N1C(=O)/C(=C/c2ccccc2OCc2ccc(C(=O)O)cc2)C(=O)NC1=S. The fourth-order valence-electron chi connectivity index (χ4n) is 3.54. The van der Waals surface area contributed by atoms with E-state index < -0.39 is 17.8 Å². The van der Waals surface area contributed by atoms with Crippen molar-refractivity contribution in [1.82, 2.24) is 5.32 Å². The predicted molar refractivity (Wildman–Crippen MR) is 139 cm³/mol. The van der Waals surface area contributed by atoms with Crippen LogP contribution in [-0.4, -0.2) is 28.0 Å². The lowest BCUT2D eigenvalue weighted by atomic mass is 10.1. The van der Waals surface area contributed by atoms with Crippen LogP contribution in [0.4, 0.5) is 5.69 Å². The first-order valence-electron chi connectivity index (χ1n) is 10.5. The Kier molecular flexibility index (Phi) is 7.09. The summed E-state index contributed by atoms with van der Waals surface area (Å²) < 4.78 is 6.78. The van der Waals surface area contributed by atoms with Crippen molar-refractivity contribution in [3.05, 3.63) is 99.0 Å². The molecule has 3 aromatic carbocycles. The third-order valence-electron chi connectivity index (χ3n) is 5.32. The van der Waals surface area contributed by atoms with Crippen molar-refractivity contribution in [1.29, 1.82) is 0 Å². The number of nitrogens with one attached hydrogen (secondary N) is 1. The number of rotatable bonds is 6. The van der Waals surface area contributed by atoms with E-state index in [0.29, 0.717) is 17.0 Å². The molecule has 7 nitrogen and oxygen atoms in total. The second kappa shape index (κ2) is 10.2. The topological polar surface area (TPSA) is 95.9 Å². The first-order chi connectivity index (χ1) is 16.7. The average molecular weight is 551 g/mol. The smallest absolute Gasteiger partial charge is 0.335 e. The number of carbonyl (C=O) groups is 3. The Bertz CT molecular complexity index is 1380. The fraction of sp³-hybridized carbons (Fsp3) is 0.0769. The standard InChI is InChI=1S/C26H19BrN2O5S/c1-15-12-19(27)10-11-21(15)29-24(31)20(23(30)28-26(29)35)13-18-4-2-3-5-22(18)34-14-16-6-8-17(9-7-16)25(32)33/h2-13H,14H2,1H3,(H,32,33)(H,28,30,35)/b20-13+. The summed E-state index contributed by atoms with van der Waals surface area (Å²) in [5, 5.41) is 11.6. The number of aryl methyl sites for hydroxylation is 1. The van der Waals surface area contributed by atoms with Crippen LogP contribution in [0.1, 0.15) is 27.0 Å². The van der Waals surface area contributed by atoms with Crippen LogP contribution in [-0.2, 0) is 16.2 Å². The molecule has 1 saturated heterocycles. The van der Waals surface area contributed by atoms with Crippen molar-refractivity contribution in [3.8, 4) is 5.75 Å². The summed E-state index contributed by atoms with van der Waals surface area (Å²) in [6.45, 7) is 2.02. The first-order valence-corrected chi connectivity index (χ1v) is 11.7. The van der Waals surface area contributed by atoms with Crippen LogP contribution in [0.5, 0.6) is 5.75 Å². The van der Waals surface area contributed by atoms with Crippen LogP contribution in [0.2, 0.25) is 0 Å². The number of hydrogen-bond donors (Lipinski definition) is 2. The molecule has 176 valence electrons. The third-order valence-corrected chi connectivity index (χ3v) is 6.09. The summed E-state index contributed by atoms with van der Waals surface area (Å²) in [7, 11) is 0. The van der Waals surface area contributed by atoms with E-state index in [4.69, 9.17) is 22.1 Å². The molecule has 0 spiro atoms. The molecule has 0 radical (unpaired) electrons. The maximum atomic E-state index is 13.4. The highest BCUT2D eigenvalue weighted by Gasteiger charge is 2.35. The molecule has 1 aliphatic heterocycles. The van der Waals surface area contributed by atoms with Gasteiger partial charge in [0.25, 0.3) is 11.8 Å². The lowest BCUT2D eigenvalue weighted by molar-refractivity contribution is -0.122. The molecule has 0 bridgehead atoms. The molecule has 0 unspecified atom stereocenters. The number of carboxylic acid groups (broad SMARTS) is 1. The molecule has 0 aliphatic carbocycles. The van der Waals surface area contributed by atoms with Gasteiger partial charge in [0.15, 0.2) is 5.11 Å². The van der Waals surface area contributed by atoms with Crippen molar-refractivity contribution in [2.45, 2.75) is 13.5 Å². The van der Waals surface area contributed by atoms with Gasteiger partial charge in [-0.3, -0.25) is 19.8 Å². The average Bonchev–Trinajstić information content (AvgIpc) is 2.82. The van der Waals surface area contributed by atoms with Crippen LogP contribution in [0, 0.1) is 6.92 Å². The monoisotopic (exact) mass is 550 g/mol. The highest BCUT2D eigenvalue weighted by atomic mass is 79.9. The number of anilines is 1. The number of aromatic carboxylic acids is 1. The van der Waals surface area contributed by atoms with Gasteiger partial charge in [-0.05, 0) is 72.7 Å². The molecule has 9 heteroatoms. The summed E-state index contributed by atoms with van der Waals surface area (Å²) in [6, 6.07) is 18.8. The van der Waals surface area contributed by atoms with Gasteiger partial charge < -0.3 is 9.84 Å². The summed E-state index contributed by atoms with van der Waals surface area (Å²) >= 11 is 8.70. The van der Waals surface area contributed by atoms with Gasteiger partial charge in [0.2, 0.25) is 0 Å². The Labute approximate surface area is 215 Å². The van der Waals surface area contributed by atoms with Crippen LogP contribution < -0.4 is 15.0 Å². The molecule has 0 saturated carbocycles. The minimum atomic E-state index is -1.00. The summed E-state index contributed by atoms with van der Waals surface area (Å²) in [5.74, 6) is -1.67. The van der Waals surface area contributed by atoms with Crippen molar-refractivity contribution in [2.75, 3.05) is 4.90 Å². The Morgan fingerprint density at radius 2 is 1.83 bits per heavy atom. The molecule has 0 aromatic heterocycles. The number of carboxylic acids is 1. The first kappa shape index (κ1) is 24.3. The molecule has 35 heavy (non-hydrogen) atoms. The van der Waals surface area contributed by atoms with Crippen LogP contribution in [0.3, 0.4) is 0 Å². The lowest BCUT2D eigenvalue weighted by Gasteiger charge is -2.30. The normalized spacial score (nSPS) is 14.7. The van der Waals surface area contributed by atoms with Gasteiger partial charge in [0, 0.05) is 10.0 Å². The van der Waals surface area contributed by atoms with Gasteiger partial charge in [-0.25, -0.2) is 4.79 Å². The van der Waals surface area contributed by atoms with E-state index in [1.165, 1.54) is 23.1 Å². The minimum Gasteiger partial charge on any atom is -0.488 e. The molecule has 1 fully saturated rings. The van der Waals surface area contributed by atoms with E-state index in [9.17, 15) is 14.4 Å². The number of hydrogen-bond acceptors (Lipinski definition) is 5. The molecule has 1 heterocycles. The van der Waals surface area contributed by atoms with E-state index in [-0.39, 0.29) is 22.9 Å². The van der Waals surface area contributed by atoms with Crippen molar-refractivity contribution >= 4 is 62.8 Å². The van der Waals surface area contributed by atoms with E-state index in [0.717, 1.165) is 15.6 Å². The Balaban J connectivity index is 1.62. The van der Waals surface area contributed by atoms with Gasteiger partial charge in [0.1, 0.15) is 17.9 Å². The van der Waals surface area contributed by atoms with Gasteiger partial charge >= 0.3 is 5.97 Å². The summed E-state index contributed by atoms with van der Waals surface area (Å²) in [4.78, 5) is 38.4. The van der Waals surface area contributed by atoms with Crippen LogP contribution >= 0.6 is 28.1 Å². The van der Waals surface area contributed by atoms with Crippen molar-refractivity contribution in [2.24, 2.45) is 0 Å². The van der Waals surface area contributed by atoms with E-state index in [2.05, 4.69) is 21.2 Å². The summed E-state index contributed by atoms with van der Waals surface area (Å²) in [6.07, 6.45) is 1.48. The van der Waals surface area contributed by atoms with Crippen molar-refractivity contribution < 1.29 is 24.2 Å². The molecule has 2 amide bonds. The number of thiocarbonyl (C=S) groups is 1. The lowest BCUT2D eigenvalue weighted by Crippen LogP contribution is -2.54. The number of ether oxygens (including phenoxy) is 1. The third kappa shape index (κ3) is 5.31. The number of halogens is 1. The zero-order valence-electron chi connectivity index (χ0n) is 18.4. The number of nitrogens with zero attached hydrogens (tertiary/aromatic N) is 1. The second-order valence-corrected chi connectivity index (χ2v) is 9.02. The van der Waals surface area contributed by atoms with E-state index >= 15 is 0 Å². The van der Waals surface area contributed by atoms with Gasteiger partial charge in [-0.1, -0.05) is 46.3 Å². The number of carbonyl (C=O) groups excluding carboxylic acids is 2. The second-order valence-electron chi connectivity index (χ2n) is 7.72. The fourth-order valence-corrected chi connectivity index (χ4v) is 4.29. The maximum absolute atomic E-state index is 13.4. The molecule has 2 N–H and O–H groups in total. The zero-order valence-corrected chi connectivity index (χ0v) is 20.9. The Hall–Kier alpha value is -3.82. The van der Waals surface area contributed by atoms with Crippen LogP contribution in [0.25, 0.3) is 6.08 Å². The Morgan fingerprint density at radius 1 is 1.11 bits per heavy atom. The van der Waals surface area contributed by atoms with Crippen molar-refractivity contribution in [3.63, 3.8) is 0 Å². The largest absolute Gasteiger partial charge is 0.488 e. The van der Waals surface area contributed by atoms with Gasteiger partial charge in [0.05, 0.1) is 11.3 Å². The number of amides is 2. The molecular formula is C26H19BrN2O5S. The minimum absolute atomic E-state index is 0.0110. The van der Waals surface area contributed by atoms with Gasteiger partial charge in [-0.2, -0.15) is 0 Å².